The van der Waals surface area contributed by atoms with E-state index in [1.54, 1.807) is 0 Å². The number of carbonyl (C=O) groups excluding carboxylic acids is 1. The van der Waals surface area contributed by atoms with Gasteiger partial charge in [-0.3, -0.25) is 0 Å². The summed E-state index contributed by atoms with van der Waals surface area (Å²) >= 11 is 0. The van der Waals surface area contributed by atoms with Gasteiger partial charge in [0.05, 0.1) is 6.61 Å². The first-order chi connectivity index (χ1) is 8.42. The van der Waals surface area contributed by atoms with Gasteiger partial charge in [-0.1, -0.05) is 55.0 Å². The molecule has 0 saturated carbocycles. The van der Waals surface area contributed by atoms with Crippen LogP contribution in [0, 0.1) is 0 Å². The maximum absolute atomic E-state index is 10.2. The second-order valence-corrected chi connectivity index (χ2v) is 4.12. The van der Waals surface area contributed by atoms with E-state index in [-0.39, 0.29) is 27.0 Å². The van der Waals surface area contributed by atoms with Crippen molar-refractivity contribution in [2.24, 2.45) is 0 Å². The van der Waals surface area contributed by atoms with Gasteiger partial charge in [0, 0.05) is 27.0 Å². The van der Waals surface area contributed by atoms with E-state index in [0.717, 1.165) is 0 Å². The van der Waals surface area contributed by atoms with Crippen LogP contribution in [0.1, 0.15) is 17.0 Å². The molecule has 3 heteroatoms. The van der Waals surface area contributed by atoms with Gasteiger partial charge in [0.1, 0.15) is 0 Å². The van der Waals surface area contributed by atoms with Gasteiger partial charge in [-0.2, -0.15) is 0 Å². The van der Waals surface area contributed by atoms with Gasteiger partial charge in [0.15, 0.2) is 0 Å². The maximum Gasteiger partial charge on any atom is 0.0593 e. The van der Waals surface area contributed by atoms with Crippen molar-refractivity contribution in [1.29, 1.82) is 0 Å². The van der Waals surface area contributed by atoms with Crippen molar-refractivity contribution in [1.82, 2.24) is 0 Å². The fourth-order valence-electron chi connectivity index (χ4n) is 2.56. The van der Waals surface area contributed by atoms with Crippen LogP contribution in [-0.4, -0.2) is 13.1 Å². The Morgan fingerprint density at radius 2 is 1.44 bits per heavy atom. The summed E-state index contributed by atoms with van der Waals surface area (Å²) in [6.45, 7) is 1.86. The molecular formula is C15H11O2W-. The minimum Gasteiger partial charge on any atom is -0.652 e. The molecule has 2 aromatic rings. The molecule has 0 spiro atoms. The molecule has 0 N–H and O–H groups in total. The Balaban J connectivity index is 0.00000120. The van der Waals surface area contributed by atoms with Crippen LogP contribution in [0.3, 0.4) is 0 Å². The smallest absolute Gasteiger partial charge is 0.0593 e. The van der Waals surface area contributed by atoms with Gasteiger partial charge in [0.2, 0.25) is 0 Å². The van der Waals surface area contributed by atoms with E-state index in [0.29, 0.717) is 6.61 Å². The van der Waals surface area contributed by atoms with Crippen LogP contribution in [0.2, 0.25) is 0 Å². The molecule has 0 aliphatic heterocycles. The fourth-order valence-corrected chi connectivity index (χ4v) is 2.56. The van der Waals surface area contributed by atoms with E-state index in [1.807, 2.05) is 24.3 Å². The van der Waals surface area contributed by atoms with Gasteiger partial charge in [0.25, 0.3) is 0 Å². The second-order valence-electron chi connectivity index (χ2n) is 4.12. The Bertz CT molecular complexity index is 520. The van der Waals surface area contributed by atoms with Crippen molar-refractivity contribution in [3.63, 3.8) is 0 Å². The molecule has 0 heterocycles. The molecule has 0 aromatic heterocycles. The summed E-state index contributed by atoms with van der Waals surface area (Å²) in [4.78, 5) is 10.2. The minimum absolute atomic E-state index is 0. The van der Waals surface area contributed by atoms with Crippen LogP contribution in [0.15, 0.2) is 48.5 Å². The van der Waals surface area contributed by atoms with Crippen molar-refractivity contribution in [3.8, 4) is 11.1 Å². The van der Waals surface area contributed by atoms with E-state index in [2.05, 4.69) is 24.3 Å². The minimum atomic E-state index is 0. The summed E-state index contributed by atoms with van der Waals surface area (Å²) in [5, 5.41) is 0. The zero-order valence-corrected chi connectivity index (χ0v) is 12.6. The van der Waals surface area contributed by atoms with Gasteiger partial charge < -0.3 is 9.53 Å². The Morgan fingerprint density at radius 3 is 1.94 bits per heavy atom. The molecule has 90 valence electrons. The van der Waals surface area contributed by atoms with Gasteiger partial charge >= 0.3 is 0 Å². The summed E-state index contributed by atoms with van der Waals surface area (Å²) in [6.07, 6.45) is 0. The average Bonchev–Trinajstić information content (AvgIpc) is 2.71. The molecule has 1 aliphatic rings. The van der Waals surface area contributed by atoms with Crippen molar-refractivity contribution in [3.05, 3.63) is 59.7 Å². The van der Waals surface area contributed by atoms with E-state index < -0.39 is 0 Å². The molecule has 0 fully saturated rings. The third kappa shape index (κ3) is 2.02. The first-order valence-electron chi connectivity index (χ1n) is 5.59. The molecule has 1 aliphatic carbocycles. The molecule has 0 amide bonds. The third-order valence-corrected chi connectivity index (χ3v) is 3.27. The van der Waals surface area contributed by atoms with Crippen molar-refractivity contribution < 1.29 is 30.6 Å². The summed E-state index contributed by atoms with van der Waals surface area (Å²) in [6, 6.07) is 16.5. The first-order valence-corrected chi connectivity index (χ1v) is 5.59. The first kappa shape index (κ1) is 13.0. The number of hydrogen-bond acceptors (Lipinski definition) is 2. The second kappa shape index (κ2) is 5.49. The van der Waals surface area contributed by atoms with Crippen LogP contribution in [-0.2, 0) is 30.6 Å². The molecular weight excluding hydrogens is 396 g/mol. The zero-order valence-electron chi connectivity index (χ0n) is 9.63. The Morgan fingerprint density at radius 1 is 0.944 bits per heavy atom. The number of benzene rings is 2. The SMILES string of the molecule is O=[C-]OCC1c2ccccc2-c2ccccc21.[W]. The monoisotopic (exact) mass is 407 g/mol. The van der Waals surface area contributed by atoms with Gasteiger partial charge in [-0.05, 0) is 22.3 Å². The molecule has 2 nitrogen and oxygen atoms in total. The van der Waals surface area contributed by atoms with Crippen LogP contribution in [0.5, 0.6) is 0 Å². The topological polar surface area (TPSA) is 26.3 Å². The van der Waals surface area contributed by atoms with E-state index in [4.69, 9.17) is 4.74 Å². The zero-order chi connectivity index (χ0) is 11.7. The van der Waals surface area contributed by atoms with Gasteiger partial charge in [-0.15, -0.1) is 0 Å². The average molecular weight is 407 g/mol. The fraction of sp³-hybridized carbons (Fsp3) is 0.133. The van der Waals surface area contributed by atoms with Crippen molar-refractivity contribution >= 4 is 6.47 Å². The largest absolute Gasteiger partial charge is 0.652 e. The third-order valence-electron chi connectivity index (χ3n) is 3.27. The molecule has 0 saturated heterocycles. The molecule has 0 unspecified atom stereocenters. The van der Waals surface area contributed by atoms with E-state index in [1.165, 1.54) is 28.7 Å². The summed E-state index contributed by atoms with van der Waals surface area (Å²) in [7, 11) is 0. The van der Waals surface area contributed by atoms with Crippen LogP contribution in [0.4, 0.5) is 0 Å². The predicted octanol–water partition coefficient (Wildman–Crippen LogP) is 2.88. The van der Waals surface area contributed by atoms with Crippen molar-refractivity contribution in [2.45, 2.75) is 5.92 Å². The maximum atomic E-state index is 10.2. The van der Waals surface area contributed by atoms with E-state index in [9.17, 15) is 4.79 Å². The molecule has 0 radical (unpaired) electrons. The van der Waals surface area contributed by atoms with Crippen LogP contribution in [0.25, 0.3) is 11.1 Å². The Hall–Kier alpha value is -1.40. The number of ether oxygens (including phenoxy) is 1. The Labute approximate surface area is 120 Å². The summed E-state index contributed by atoms with van der Waals surface area (Å²) in [5.74, 6) is 0.142. The number of hydrogen-bond donors (Lipinski definition) is 0. The van der Waals surface area contributed by atoms with Gasteiger partial charge in [-0.25, -0.2) is 0 Å². The summed E-state index contributed by atoms with van der Waals surface area (Å²) < 4.78 is 4.83. The molecule has 3 rings (SSSR count). The summed E-state index contributed by atoms with van der Waals surface area (Å²) in [5.41, 5.74) is 4.93. The Kier molecular flexibility index (Phi) is 3.98. The normalized spacial score (nSPS) is 12.2. The van der Waals surface area contributed by atoms with Crippen LogP contribution < -0.4 is 0 Å². The van der Waals surface area contributed by atoms with E-state index >= 15 is 0 Å². The molecule has 0 bridgehead atoms. The predicted molar refractivity (Wildman–Crippen MR) is 65.4 cm³/mol. The quantitative estimate of drug-likeness (QED) is 0.732. The molecule has 18 heavy (non-hydrogen) atoms. The van der Waals surface area contributed by atoms with Crippen molar-refractivity contribution in [2.75, 3.05) is 6.61 Å². The standard InChI is InChI=1S/C15H11O2.W/c16-10-17-9-15-13-7-3-1-5-11(13)12-6-2-4-8-14(12)15;/h1-8,15H,9H2;/q-1;. The number of fused-ring (bicyclic) bond motifs is 3. The molecule has 2 aromatic carbocycles. The van der Waals surface area contributed by atoms with Crippen LogP contribution >= 0.6 is 0 Å². The molecule has 0 atom stereocenters. The number of rotatable bonds is 3.